The molecule has 3 heterocycles. The summed E-state index contributed by atoms with van der Waals surface area (Å²) < 4.78 is 5.02. The molecule has 8 aromatic rings. The van der Waals surface area contributed by atoms with Crippen molar-refractivity contribution in [3.63, 3.8) is 0 Å². The Morgan fingerprint density at radius 2 is 1.16 bits per heavy atom. The fourth-order valence-corrected chi connectivity index (χ4v) is 8.17. The van der Waals surface area contributed by atoms with E-state index in [0.29, 0.717) is 0 Å². The Kier molecular flexibility index (Phi) is 5.97. The van der Waals surface area contributed by atoms with Crippen LogP contribution in [0.15, 0.2) is 157 Å². The summed E-state index contributed by atoms with van der Waals surface area (Å²) in [5, 5.41) is 5.08. The van der Waals surface area contributed by atoms with Crippen LogP contribution < -0.4 is 0 Å². The van der Waals surface area contributed by atoms with Gasteiger partial charge in [0.2, 0.25) is 5.96 Å². The minimum Gasteiger partial charge on any atom is -0.334 e. The maximum atomic E-state index is 5.08. The van der Waals surface area contributed by atoms with Crippen molar-refractivity contribution < 1.29 is 0 Å². The number of hydrogen-bond donors (Lipinski definition) is 0. The van der Waals surface area contributed by atoms with E-state index >= 15 is 0 Å². The van der Waals surface area contributed by atoms with E-state index in [0.717, 1.165) is 17.0 Å². The topological polar surface area (TPSA) is 20.5 Å². The second kappa shape index (κ2) is 10.3. The zero-order chi connectivity index (χ0) is 29.9. The second-order valence-electron chi connectivity index (χ2n) is 11.7. The number of nitrogens with zero attached hydrogens (tertiary/aromatic N) is 3. The maximum Gasteiger partial charge on any atom is 0.211 e. The van der Waals surface area contributed by atoms with E-state index in [9.17, 15) is 0 Å². The van der Waals surface area contributed by atoms with Gasteiger partial charge in [-0.3, -0.25) is 4.57 Å². The number of hydrogen-bond acceptors (Lipinski definition) is 3. The van der Waals surface area contributed by atoms with Crippen molar-refractivity contribution >= 4 is 59.3 Å². The molecule has 0 spiro atoms. The van der Waals surface area contributed by atoms with Crippen molar-refractivity contribution in [2.75, 3.05) is 7.05 Å². The molecule has 6 aromatic carbocycles. The van der Waals surface area contributed by atoms with Gasteiger partial charge in [0.15, 0.2) is 0 Å². The first kappa shape index (κ1) is 26.0. The Hall–Kier alpha value is -5.45. The van der Waals surface area contributed by atoms with Crippen LogP contribution in [0, 0.1) is 0 Å². The molecule has 1 aliphatic rings. The van der Waals surface area contributed by atoms with E-state index in [-0.39, 0.29) is 6.04 Å². The molecule has 0 amide bonds. The average molecular weight is 596 g/mol. The molecule has 0 saturated carbocycles. The molecule has 3 nitrogen and oxygen atoms in total. The molecule has 1 aliphatic heterocycles. The molecule has 1 unspecified atom stereocenters. The number of aromatic nitrogens is 1. The van der Waals surface area contributed by atoms with Gasteiger partial charge in [-0.25, -0.2) is 4.99 Å². The third kappa shape index (κ3) is 4.14. The summed E-state index contributed by atoms with van der Waals surface area (Å²) >= 11 is 1.88. The fourth-order valence-electron chi connectivity index (χ4n) is 6.92. The van der Waals surface area contributed by atoms with Crippen LogP contribution in [0.5, 0.6) is 0 Å². The highest BCUT2D eigenvalue weighted by molar-refractivity contribution is 7.26. The molecule has 214 valence electrons. The monoisotopic (exact) mass is 595 g/mol. The fraction of sp³-hybridized carbons (Fsp3) is 0.0488. The van der Waals surface area contributed by atoms with Crippen molar-refractivity contribution in [3.05, 3.63) is 157 Å². The SMILES string of the molecule is CN1C(n2c3cc(-c4ccccc4)ccc3c3ccc(-c4ccccc4)cc32)=NC=CC1c1cccc2c1sc1ccccc12. The number of rotatable bonds is 3. The highest BCUT2D eigenvalue weighted by Crippen LogP contribution is 2.41. The zero-order valence-electron chi connectivity index (χ0n) is 24.8. The van der Waals surface area contributed by atoms with Crippen LogP contribution in [0.2, 0.25) is 0 Å². The normalized spacial score (nSPS) is 15.0. The van der Waals surface area contributed by atoms with Gasteiger partial charge in [0.05, 0.1) is 17.1 Å². The zero-order valence-corrected chi connectivity index (χ0v) is 25.6. The standard InChI is InChI=1S/C41H29N3S/c1-43-36(35-17-10-16-34-33-15-8-9-18-39(33)45-40(34)35)23-24-42-41(43)44-37-25-29(27-11-4-2-5-12-27)19-21-31(37)32-22-20-30(26-38(32)44)28-13-6-3-7-14-28/h2-26,36H,1H3. The molecule has 0 aliphatic carbocycles. The second-order valence-corrected chi connectivity index (χ2v) is 12.7. The Bertz CT molecular complexity index is 2350. The van der Waals surface area contributed by atoms with Crippen LogP contribution in [0.4, 0.5) is 0 Å². The van der Waals surface area contributed by atoms with Crippen molar-refractivity contribution in [2.45, 2.75) is 6.04 Å². The lowest BCUT2D eigenvalue weighted by Crippen LogP contribution is -2.36. The van der Waals surface area contributed by atoms with Crippen LogP contribution in [-0.2, 0) is 0 Å². The molecule has 45 heavy (non-hydrogen) atoms. The lowest BCUT2D eigenvalue weighted by Gasteiger charge is -2.32. The smallest absolute Gasteiger partial charge is 0.211 e. The van der Waals surface area contributed by atoms with E-state index in [4.69, 9.17) is 4.99 Å². The van der Waals surface area contributed by atoms with Crippen molar-refractivity contribution in [3.8, 4) is 22.3 Å². The number of thiophene rings is 1. The summed E-state index contributed by atoms with van der Waals surface area (Å²) in [7, 11) is 2.18. The predicted octanol–water partition coefficient (Wildman–Crippen LogP) is 10.9. The quantitative estimate of drug-likeness (QED) is 0.199. The van der Waals surface area contributed by atoms with Gasteiger partial charge in [-0.2, -0.15) is 0 Å². The van der Waals surface area contributed by atoms with Gasteiger partial charge in [0, 0.05) is 44.2 Å². The van der Waals surface area contributed by atoms with Gasteiger partial charge >= 0.3 is 0 Å². The molecule has 0 fully saturated rings. The third-order valence-corrected chi connectivity index (χ3v) is 10.4. The summed E-state index contributed by atoms with van der Waals surface area (Å²) in [6.45, 7) is 0. The van der Waals surface area contributed by atoms with Crippen LogP contribution in [0.25, 0.3) is 64.2 Å². The van der Waals surface area contributed by atoms with Gasteiger partial charge in [-0.1, -0.05) is 121 Å². The average Bonchev–Trinajstić information content (AvgIpc) is 3.64. The van der Waals surface area contributed by atoms with Gasteiger partial charge < -0.3 is 4.90 Å². The Labute approximate surface area is 265 Å². The van der Waals surface area contributed by atoms with E-state index in [1.54, 1.807) is 0 Å². The van der Waals surface area contributed by atoms with Gasteiger partial charge in [0.1, 0.15) is 0 Å². The van der Waals surface area contributed by atoms with E-state index in [2.05, 4.69) is 162 Å². The molecule has 4 heteroatoms. The number of fused-ring (bicyclic) bond motifs is 6. The Morgan fingerprint density at radius 1 is 0.556 bits per heavy atom. The van der Waals surface area contributed by atoms with Gasteiger partial charge in [-0.05, 0) is 52.1 Å². The van der Waals surface area contributed by atoms with Gasteiger partial charge in [0.25, 0.3) is 0 Å². The van der Waals surface area contributed by atoms with Crippen LogP contribution in [0.3, 0.4) is 0 Å². The van der Waals surface area contributed by atoms with Crippen LogP contribution >= 0.6 is 11.3 Å². The number of benzene rings is 6. The molecule has 0 radical (unpaired) electrons. The van der Waals surface area contributed by atoms with E-state index in [1.807, 2.05) is 17.5 Å². The van der Waals surface area contributed by atoms with Crippen LogP contribution in [-0.4, -0.2) is 22.5 Å². The minimum absolute atomic E-state index is 0.0383. The number of aliphatic imine (C=N–C) groups is 1. The summed E-state index contributed by atoms with van der Waals surface area (Å²) in [5.74, 6) is 0.913. The summed E-state index contributed by atoms with van der Waals surface area (Å²) in [6, 6.07) is 50.4. The molecule has 9 rings (SSSR count). The first-order chi connectivity index (χ1) is 22.2. The Morgan fingerprint density at radius 3 is 1.82 bits per heavy atom. The molecule has 1 atom stereocenters. The molecule has 0 bridgehead atoms. The third-order valence-electron chi connectivity index (χ3n) is 9.13. The first-order valence-corrected chi connectivity index (χ1v) is 16.1. The van der Waals surface area contributed by atoms with Crippen molar-refractivity contribution in [2.24, 2.45) is 4.99 Å². The first-order valence-electron chi connectivity index (χ1n) is 15.3. The summed E-state index contributed by atoms with van der Waals surface area (Å²) in [6.07, 6.45) is 4.22. The van der Waals surface area contributed by atoms with E-state index < -0.39 is 0 Å². The van der Waals surface area contributed by atoms with E-state index in [1.165, 1.54) is 58.8 Å². The highest BCUT2D eigenvalue weighted by Gasteiger charge is 2.27. The predicted molar refractivity (Wildman–Crippen MR) is 192 cm³/mol. The van der Waals surface area contributed by atoms with Crippen molar-refractivity contribution in [1.82, 2.24) is 9.47 Å². The Balaban J connectivity index is 1.26. The summed E-state index contributed by atoms with van der Waals surface area (Å²) in [4.78, 5) is 7.42. The lowest BCUT2D eigenvalue weighted by molar-refractivity contribution is 0.423. The molecule has 2 aromatic heterocycles. The molecular weight excluding hydrogens is 567 g/mol. The maximum absolute atomic E-state index is 5.08. The number of likely N-dealkylation sites (N-methyl/N-ethyl adjacent to an activating group) is 1. The van der Waals surface area contributed by atoms with Crippen LogP contribution in [0.1, 0.15) is 11.6 Å². The summed E-state index contributed by atoms with van der Waals surface area (Å²) in [5.41, 5.74) is 8.39. The largest absolute Gasteiger partial charge is 0.334 e. The molecule has 0 N–H and O–H groups in total. The highest BCUT2D eigenvalue weighted by atomic mass is 32.1. The molecular formula is C41H29N3S. The minimum atomic E-state index is 0.0383. The molecule has 0 saturated heterocycles. The van der Waals surface area contributed by atoms with Crippen molar-refractivity contribution in [1.29, 1.82) is 0 Å². The van der Waals surface area contributed by atoms with Gasteiger partial charge in [-0.15, -0.1) is 11.3 Å². The lowest BCUT2D eigenvalue weighted by atomic mass is 10.0.